The normalized spacial score (nSPS) is 25.9. The van der Waals surface area contributed by atoms with Crippen molar-refractivity contribution in [3.63, 3.8) is 0 Å². The van der Waals surface area contributed by atoms with Crippen LogP contribution in [0.15, 0.2) is 10.5 Å². The first-order valence-electron chi connectivity index (χ1n) is 7.76. The van der Waals surface area contributed by atoms with Gasteiger partial charge in [0.25, 0.3) is 0 Å². The molecule has 8 heteroatoms. The first-order valence-corrected chi connectivity index (χ1v) is 8.75. The Morgan fingerprint density at radius 2 is 2.25 bits per heavy atom. The van der Waals surface area contributed by atoms with Crippen LogP contribution in [0.4, 0.5) is 0 Å². The highest BCUT2D eigenvalue weighted by molar-refractivity contribution is 8.01. The monoisotopic (exact) mass is 352 g/mol. The molecular weight excluding hydrogens is 332 g/mol. The highest BCUT2D eigenvalue weighted by atomic mass is 32.2. The maximum atomic E-state index is 12.8. The van der Waals surface area contributed by atoms with E-state index in [9.17, 15) is 14.4 Å². The van der Waals surface area contributed by atoms with E-state index < -0.39 is 12.0 Å². The molecule has 3 heterocycles. The summed E-state index contributed by atoms with van der Waals surface area (Å²) in [6.07, 6.45) is 1.25. The number of thioether (sulfide) groups is 1. The molecule has 2 unspecified atom stereocenters. The van der Waals surface area contributed by atoms with E-state index in [4.69, 9.17) is 9.52 Å². The fourth-order valence-corrected chi connectivity index (χ4v) is 4.83. The summed E-state index contributed by atoms with van der Waals surface area (Å²) in [7, 11) is 1.64. The van der Waals surface area contributed by atoms with Crippen molar-refractivity contribution in [1.29, 1.82) is 0 Å². The lowest BCUT2D eigenvalue weighted by atomic mass is 10.2. The Kier molecular flexibility index (Phi) is 4.11. The minimum atomic E-state index is -1.05. The molecule has 1 aromatic rings. The summed E-state index contributed by atoms with van der Waals surface area (Å²) in [5, 5.41) is 9.07. The van der Waals surface area contributed by atoms with Gasteiger partial charge in [0.05, 0.1) is 11.4 Å². The van der Waals surface area contributed by atoms with Gasteiger partial charge in [-0.25, -0.2) is 4.79 Å². The second-order valence-corrected chi connectivity index (χ2v) is 7.95. The Labute approximate surface area is 144 Å². The number of carboxylic acids is 1. The molecule has 0 aromatic carbocycles. The fourth-order valence-electron chi connectivity index (χ4n) is 3.40. The van der Waals surface area contributed by atoms with Gasteiger partial charge < -0.3 is 19.3 Å². The van der Waals surface area contributed by atoms with Crippen molar-refractivity contribution in [1.82, 2.24) is 9.80 Å². The number of aryl methyl sites for hydroxylation is 1. The van der Waals surface area contributed by atoms with Gasteiger partial charge in [0.15, 0.2) is 0 Å². The fraction of sp³-hybridized carbons (Fsp3) is 0.562. The van der Waals surface area contributed by atoms with Crippen LogP contribution in [-0.2, 0) is 16.1 Å². The van der Waals surface area contributed by atoms with Gasteiger partial charge >= 0.3 is 5.97 Å². The molecule has 2 aliphatic rings. The van der Waals surface area contributed by atoms with Crippen molar-refractivity contribution in [2.45, 2.75) is 44.1 Å². The summed E-state index contributed by atoms with van der Waals surface area (Å²) in [6.45, 7) is 3.76. The number of furan rings is 1. The Morgan fingerprint density at radius 3 is 2.88 bits per heavy atom. The average Bonchev–Trinajstić information content (AvgIpc) is 3.12. The van der Waals surface area contributed by atoms with E-state index in [0.29, 0.717) is 23.7 Å². The van der Waals surface area contributed by atoms with Crippen molar-refractivity contribution in [3.8, 4) is 0 Å². The van der Waals surface area contributed by atoms with Crippen LogP contribution < -0.4 is 0 Å². The Balaban J connectivity index is 1.72. The van der Waals surface area contributed by atoms with Gasteiger partial charge in [-0.15, -0.1) is 11.8 Å². The summed E-state index contributed by atoms with van der Waals surface area (Å²) < 4.78 is 5.43. The van der Waals surface area contributed by atoms with Crippen LogP contribution in [0.3, 0.4) is 0 Å². The number of hydrogen-bond acceptors (Lipinski definition) is 5. The molecule has 3 rings (SSSR count). The zero-order valence-corrected chi connectivity index (χ0v) is 14.7. The van der Waals surface area contributed by atoms with Crippen molar-refractivity contribution < 1.29 is 23.9 Å². The Morgan fingerprint density at radius 1 is 1.54 bits per heavy atom. The maximum absolute atomic E-state index is 12.8. The van der Waals surface area contributed by atoms with E-state index in [-0.39, 0.29) is 28.8 Å². The van der Waals surface area contributed by atoms with Crippen molar-refractivity contribution in [2.24, 2.45) is 0 Å². The molecular formula is C16H20N2O5S. The molecule has 2 saturated heterocycles. The molecule has 2 aliphatic heterocycles. The van der Waals surface area contributed by atoms with E-state index in [2.05, 4.69) is 0 Å². The second-order valence-electron chi connectivity index (χ2n) is 6.45. The van der Waals surface area contributed by atoms with Crippen LogP contribution >= 0.6 is 11.8 Å². The van der Waals surface area contributed by atoms with Gasteiger partial charge in [-0.1, -0.05) is 0 Å². The first kappa shape index (κ1) is 16.9. The zero-order valence-electron chi connectivity index (χ0n) is 13.9. The number of rotatable bonds is 4. The topological polar surface area (TPSA) is 91.1 Å². The SMILES string of the molecule is Cc1oc(CN(C)C(=O)C2CSC3(C)CCC(=O)N23)cc1C(=O)O. The summed E-state index contributed by atoms with van der Waals surface area (Å²) in [5.74, 6) is 0.146. The van der Waals surface area contributed by atoms with Gasteiger partial charge in [-0.3, -0.25) is 9.59 Å². The molecule has 2 fully saturated rings. The van der Waals surface area contributed by atoms with Crippen LogP contribution in [0.5, 0.6) is 0 Å². The highest BCUT2D eigenvalue weighted by Gasteiger charge is 2.53. The van der Waals surface area contributed by atoms with Gasteiger partial charge in [0, 0.05) is 19.2 Å². The van der Waals surface area contributed by atoms with Gasteiger partial charge in [-0.05, 0) is 26.3 Å². The van der Waals surface area contributed by atoms with Crippen molar-refractivity contribution in [2.75, 3.05) is 12.8 Å². The van der Waals surface area contributed by atoms with Crippen LogP contribution in [0.2, 0.25) is 0 Å². The predicted octanol–water partition coefficient (Wildman–Crippen LogP) is 1.70. The molecule has 0 spiro atoms. The lowest BCUT2D eigenvalue weighted by molar-refractivity contribution is -0.143. The van der Waals surface area contributed by atoms with Crippen LogP contribution in [0.25, 0.3) is 0 Å². The minimum Gasteiger partial charge on any atom is -0.478 e. The lowest BCUT2D eigenvalue weighted by Crippen LogP contribution is -2.50. The number of hydrogen-bond donors (Lipinski definition) is 1. The van der Waals surface area contributed by atoms with Crippen LogP contribution in [0.1, 0.15) is 41.6 Å². The summed E-state index contributed by atoms with van der Waals surface area (Å²) in [5.41, 5.74) is 0.101. The zero-order chi connectivity index (χ0) is 17.6. The Bertz CT molecular complexity index is 715. The second kappa shape index (κ2) is 5.84. The molecule has 1 aromatic heterocycles. The molecule has 2 atom stereocenters. The van der Waals surface area contributed by atoms with E-state index in [1.807, 2.05) is 6.92 Å². The van der Waals surface area contributed by atoms with Crippen LogP contribution in [-0.4, -0.2) is 56.4 Å². The maximum Gasteiger partial charge on any atom is 0.339 e. The van der Waals surface area contributed by atoms with E-state index >= 15 is 0 Å². The predicted molar refractivity (Wildman–Crippen MR) is 87.6 cm³/mol. The summed E-state index contributed by atoms with van der Waals surface area (Å²) in [4.78, 5) is 38.9. The highest BCUT2D eigenvalue weighted by Crippen LogP contribution is 2.47. The molecule has 0 saturated carbocycles. The summed E-state index contributed by atoms with van der Waals surface area (Å²) >= 11 is 1.65. The third-order valence-corrected chi connectivity index (χ3v) is 6.20. The number of likely N-dealkylation sites (N-methyl/N-ethyl adjacent to an activating group) is 1. The van der Waals surface area contributed by atoms with E-state index in [0.717, 1.165) is 6.42 Å². The van der Waals surface area contributed by atoms with Gasteiger partial charge in [-0.2, -0.15) is 0 Å². The molecule has 0 aliphatic carbocycles. The Hall–Kier alpha value is -1.96. The standard InChI is InChI=1S/C16H20N2O5S/c1-9-11(15(21)22)6-10(23-9)7-17(3)14(20)12-8-24-16(2)5-4-13(19)18(12)16/h6,12H,4-5,7-8H2,1-3H3,(H,21,22). The number of carbonyl (C=O) groups excluding carboxylic acids is 2. The third kappa shape index (κ3) is 2.68. The average molecular weight is 352 g/mol. The first-order chi connectivity index (χ1) is 11.2. The molecule has 130 valence electrons. The number of fused-ring (bicyclic) bond motifs is 1. The quantitative estimate of drug-likeness (QED) is 0.887. The molecule has 24 heavy (non-hydrogen) atoms. The molecule has 1 N–H and O–H groups in total. The third-order valence-electron chi connectivity index (χ3n) is 4.70. The lowest BCUT2D eigenvalue weighted by Gasteiger charge is -2.31. The number of carboxylic acid groups (broad SMARTS) is 1. The van der Waals surface area contributed by atoms with Crippen molar-refractivity contribution in [3.05, 3.63) is 23.2 Å². The molecule has 0 bridgehead atoms. The van der Waals surface area contributed by atoms with Gasteiger partial charge in [0.2, 0.25) is 11.8 Å². The largest absolute Gasteiger partial charge is 0.478 e. The molecule has 7 nitrogen and oxygen atoms in total. The van der Waals surface area contributed by atoms with E-state index in [1.54, 1.807) is 30.6 Å². The number of amides is 2. The molecule has 2 amide bonds. The van der Waals surface area contributed by atoms with Crippen LogP contribution in [0, 0.1) is 6.92 Å². The summed E-state index contributed by atoms with van der Waals surface area (Å²) in [6, 6.07) is 0.977. The number of aromatic carboxylic acids is 1. The molecule has 0 radical (unpaired) electrons. The number of carbonyl (C=O) groups is 3. The van der Waals surface area contributed by atoms with Crippen molar-refractivity contribution >= 4 is 29.5 Å². The minimum absolute atomic E-state index is 0.0243. The van der Waals surface area contributed by atoms with E-state index in [1.165, 1.54) is 11.0 Å². The van der Waals surface area contributed by atoms with Gasteiger partial charge in [0.1, 0.15) is 23.1 Å². The number of nitrogens with zero attached hydrogens (tertiary/aromatic N) is 2. The smallest absolute Gasteiger partial charge is 0.339 e.